The molecule has 1 heterocycles. The molecule has 1 unspecified atom stereocenters. The summed E-state index contributed by atoms with van der Waals surface area (Å²) in [5.41, 5.74) is 2.10. The van der Waals surface area contributed by atoms with Crippen LogP contribution in [-0.2, 0) is 6.18 Å². The first-order valence-corrected chi connectivity index (χ1v) is 14.1. The first kappa shape index (κ1) is 29.2. The highest BCUT2D eigenvalue weighted by Gasteiger charge is 2.31. The van der Waals surface area contributed by atoms with Crippen molar-refractivity contribution in [3.05, 3.63) is 99.0 Å². The van der Waals surface area contributed by atoms with Crippen LogP contribution in [-0.4, -0.2) is 32.6 Å². The average molecular weight is 642 g/mol. The van der Waals surface area contributed by atoms with E-state index < -0.39 is 29.7 Å². The maximum atomic E-state index is 13.3. The summed E-state index contributed by atoms with van der Waals surface area (Å²) in [5, 5.41) is 21.0. The second-order valence-corrected chi connectivity index (χ2v) is 11.0. The van der Waals surface area contributed by atoms with Crippen molar-refractivity contribution in [3.8, 4) is 0 Å². The highest BCUT2D eigenvalue weighted by atomic mass is 79.9. The van der Waals surface area contributed by atoms with E-state index in [0.717, 1.165) is 30.5 Å². The number of nitrogens with zero attached hydrogens (tertiary/aromatic N) is 3. The molecule has 0 aliphatic heterocycles. The third-order valence-electron chi connectivity index (χ3n) is 7.18. The fraction of sp³-hybridized carbons (Fsp3) is 0.276. The van der Waals surface area contributed by atoms with Crippen LogP contribution >= 0.6 is 15.9 Å². The minimum Gasteiger partial charge on any atom is -0.327 e. The number of amides is 3. The maximum absolute atomic E-state index is 13.3. The van der Waals surface area contributed by atoms with Crippen LogP contribution in [0.5, 0.6) is 0 Å². The molecule has 1 atom stereocenters. The predicted octanol–water partition coefficient (Wildman–Crippen LogP) is 7.19. The number of alkyl halides is 3. The smallest absolute Gasteiger partial charge is 0.327 e. The van der Waals surface area contributed by atoms with Crippen molar-refractivity contribution < 1.29 is 22.8 Å². The van der Waals surface area contributed by atoms with Gasteiger partial charge in [0.2, 0.25) is 0 Å². The quantitative estimate of drug-likeness (QED) is 0.170. The topological polar surface area (TPSA) is 125 Å². The third-order valence-corrected chi connectivity index (χ3v) is 7.64. The van der Waals surface area contributed by atoms with Gasteiger partial charge in [-0.05, 0) is 71.0 Å². The predicted molar refractivity (Wildman–Crippen MR) is 154 cm³/mol. The van der Waals surface area contributed by atoms with Crippen molar-refractivity contribution in [1.82, 2.24) is 25.9 Å². The van der Waals surface area contributed by atoms with E-state index in [2.05, 4.69) is 64.6 Å². The molecular formula is C29H27BrF3N7O2. The molecule has 5 rings (SSSR count). The Morgan fingerprint density at radius 2 is 1.57 bits per heavy atom. The zero-order chi connectivity index (χ0) is 29.7. The minimum absolute atomic E-state index is 0.0194. The standard InChI is InChI=1S/C29H27BrF3N7O2/c30-23-14-22(29(31,32)33)15-24(16-23)34-28(42)35-25(19-8-6-18(7-9-19)17-4-2-1-3-5-17)20-10-12-21(13-11-20)26(41)36-27-37-39-40-38-27/h6-17,25H,1-5H2,(H2,34,35,42)(H2,36,37,38,39,40,41). The first-order chi connectivity index (χ1) is 20.2. The van der Waals surface area contributed by atoms with Gasteiger partial charge in [-0.1, -0.05) is 76.7 Å². The van der Waals surface area contributed by atoms with Crippen LogP contribution in [0, 0.1) is 0 Å². The summed E-state index contributed by atoms with van der Waals surface area (Å²) in [7, 11) is 0. The molecule has 9 nitrogen and oxygen atoms in total. The normalized spacial score (nSPS) is 14.7. The number of anilines is 2. The van der Waals surface area contributed by atoms with Gasteiger partial charge in [0.1, 0.15) is 0 Å². The summed E-state index contributed by atoms with van der Waals surface area (Å²) in [6, 6.07) is 16.5. The monoisotopic (exact) mass is 641 g/mol. The fourth-order valence-electron chi connectivity index (χ4n) is 5.09. The van der Waals surface area contributed by atoms with Gasteiger partial charge in [-0.2, -0.15) is 18.4 Å². The summed E-state index contributed by atoms with van der Waals surface area (Å²) < 4.78 is 40.1. The van der Waals surface area contributed by atoms with E-state index in [1.165, 1.54) is 30.9 Å². The third kappa shape index (κ3) is 7.32. The molecule has 4 aromatic rings. The number of halogens is 4. The zero-order valence-electron chi connectivity index (χ0n) is 22.2. The summed E-state index contributed by atoms with van der Waals surface area (Å²) in [5.74, 6) is 0.0793. The van der Waals surface area contributed by atoms with Crippen molar-refractivity contribution >= 4 is 39.5 Å². The second-order valence-electron chi connectivity index (χ2n) is 10.1. The number of carbonyl (C=O) groups excluding carboxylic acids is 2. The molecule has 0 radical (unpaired) electrons. The number of hydrogen-bond acceptors (Lipinski definition) is 5. The summed E-state index contributed by atoms with van der Waals surface area (Å²) in [6.07, 6.45) is 1.37. The summed E-state index contributed by atoms with van der Waals surface area (Å²) in [6.45, 7) is 0. The van der Waals surface area contributed by atoms with E-state index in [9.17, 15) is 22.8 Å². The largest absolute Gasteiger partial charge is 0.416 e. The van der Waals surface area contributed by atoms with Gasteiger partial charge in [0.05, 0.1) is 11.6 Å². The van der Waals surface area contributed by atoms with Crippen molar-refractivity contribution in [3.63, 3.8) is 0 Å². The van der Waals surface area contributed by atoms with Gasteiger partial charge < -0.3 is 10.6 Å². The van der Waals surface area contributed by atoms with Gasteiger partial charge in [0, 0.05) is 15.7 Å². The van der Waals surface area contributed by atoms with E-state index in [1.807, 2.05) is 12.1 Å². The van der Waals surface area contributed by atoms with Gasteiger partial charge in [-0.15, -0.1) is 5.10 Å². The van der Waals surface area contributed by atoms with Crippen LogP contribution in [0.1, 0.15) is 76.7 Å². The molecule has 3 amide bonds. The van der Waals surface area contributed by atoms with E-state index in [1.54, 1.807) is 24.3 Å². The van der Waals surface area contributed by atoms with Crippen LogP contribution in [0.3, 0.4) is 0 Å². The number of H-pyrrole nitrogens is 1. The lowest BCUT2D eigenvalue weighted by molar-refractivity contribution is -0.137. The molecule has 1 fully saturated rings. The first-order valence-electron chi connectivity index (χ1n) is 13.4. The molecular weight excluding hydrogens is 615 g/mol. The molecule has 1 aliphatic carbocycles. The van der Waals surface area contributed by atoms with E-state index in [0.29, 0.717) is 17.0 Å². The Bertz CT molecular complexity index is 1520. The minimum atomic E-state index is -4.57. The van der Waals surface area contributed by atoms with Crippen LogP contribution in [0.4, 0.5) is 29.6 Å². The molecule has 0 bridgehead atoms. The van der Waals surface area contributed by atoms with Gasteiger partial charge in [0.15, 0.2) is 0 Å². The molecule has 3 aromatic carbocycles. The average Bonchev–Trinajstić information content (AvgIpc) is 3.49. The number of urea groups is 1. The number of tetrazole rings is 1. The van der Waals surface area contributed by atoms with Crippen molar-refractivity contribution in [2.45, 2.75) is 50.2 Å². The highest BCUT2D eigenvalue weighted by Crippen LogP contribution is 2.35. The van der Waals surface area contributed by atoms with Crippen LogP contribution in [0.25, 0.3) is 0 Å². The number of carbonyl (C=O) groups is 2. The van der Waals surface area contributed by atoms with E-state index >= 15 is 0 Å². The van der Waals surface area contributed by atoms with Crippen LogP contribution in [0.15, 0.2) is 71.2 Å². The van der Waals surface area contributed by atoms with E-state index in [-0.39, 0.29) is 16.1 Å². The lowest BCUT2D eigenvalue weighted by Gasteiger charge is -2.24. The molecule has 218 valence electrons. The Morgan fingerprint density at radius 3 is 2.19 bits per heavy atom. The van der Waals surface area contributed by atoms with Crippen molar-refractivity contribution in [1.29, 1.82) is 0 Å². The molecule has 4 N–H and O–H groups in total. The fourth-order valence-corrected chi connectivity index (χ4v) is 5.59. The zero-order valence-corrected chi connectivity index (χ0v) is 23.8. The number of hydrogen-bond donors (Lipinski definition) is 4. The molecule has 42 heavy (non-hydrogen) atoms. The molecule has 1 aliphatic rings. The number of rotatable bonds is 7. The molecule has 1 aromatic heterocycles. The molecule has 1 saturated carbocycles. The number of aromatic amines is 1. The van der Waals surface area contributed by atoms with Gasteiger partial charge in [-0.3, -0.25) is 10.1 Å². The van der Waals surface area contributed by atoms with Gasteiger partial charge in [0.25, 0.3) is 11.9 Å². The lowest BCUT2D eigenvalue weighted by atomic mass is 9.83. The number of aromatic nitrogens is 4. The van der Waals surface area contributed by atoms with Crippen molar-refractivity contribution in [2.24, 2.45) is 0 Å². The summed E-state index contributed by atoms with van der Waals surface area (Å²) in [4.78, 5) is 25.7. The Labute approximate surface area is 247 Å². The van der Waals surface area contributed by atoms with Gasteiger partial charge in [-0.25, -0.2) is 4.79 Å². The van der Waals surface area contributed by atoms with Crippen LogP contribution in [0.2, 0.25) is 0 Å². The Balaban J connectivity index is 1.38. The van der Waals surface area contributed by atoms with Gasteiger partial charge >= 0.3 is 12.2 Å². The SMILES string of the molecule is O=C(Nc1cc(Br)cc(C(F)(F)F)c1)NC(c1ccc(C(=O)Nc2nn[nH]n2)cc1)c1ccc(C2CCCCC2)cc1. The maximum Gasteiger partial charge on any atom is 0.416 e. The molecule has 13 heteroatoms. The van der Waals surface area contributed by atoms with E-state index in [4.69, 9.17) is 0 Å². The molecule has 0 spiro atoms. The highest BCUT2D eigenvalue weighted by molar-refractivity contribution is 9.10. The molecule has 0 saturated heterocycles. The number of nitrogens with one attached hydrogen (secondary N) is 4. The Hall–Kier alpha value is -4.26. The lowest BCUT2D eigenvalue weighted by Crippen LogP contribution is -2.33. The summed E-state index contributed by atoms with van der Waals surface area (Å²) >= 11 is 3.08. The Kier molecular flexibility index (Phi) is 8.86. The number of benzene rings is 3. The Morgan fingerprint density at radius 1 is 0.905 bits per heavy atom. The van der Waals surface area contributed by atoms with Crippen molar-refractivity contribution in [2.75, 3.05) is 10.6 Å². The second kappa shape index (κ2) is 12.7. The van der Waals surface area contributed by atoms with Crippen LogP contribution < -0.4 is 16.0 Å².